The lowest BCUT2D eigenvalue weighted by molar-refractivity contribution is -0.118. The summed E-state index contributed by atoms with van der Waals surface area (Å²) in [6, 6.07) is 7.42. The zero-order valence-corrected chi connectivity index (χ0v) is 9.58. The molecule has 1 amide bonds. The van der Waals surface area contributed by atoms with Crippen LogP contribution in [0.15, 0.2) is 24.3 Å². The number of nitrogens with two attached hydrogens (primary N) is 1. The van der Waals surface area contributed by atoms with Crippen LogP contribution in [0.25, 0.3) is 0 Å². The van der Waals surface area contributed by atoms with Crippen molar-refractivity contribution in [3.8, 4) is 11.8 Å². The fourth-order valence-electron chi connectivity index (χ4n) is 1.11. The lowest BCUT2D eigenvalue weighted by atomic mass is 10.1. The third-order valence-electron chi connectivity index (χ3n) is 1.99. The number of benzene rings is 1. The van der Waals surface area contributed by atoms with E-state index < -0.39 is 0 Å². The Morgan fingerprint density at radius 2 is 2.25 bits per heavy atom. The van der Waals surface area contributed by atoms with Gasteiger partial charge in [-0.15, -0.1) is 0 Å². The molecule has 3 N–H and O–H groups in total. The first-order valence-electron chi connectivity index (χ1n) is 5.23. The maximum Gasteiger partial charge on any atom is 0.226 e. The molecule has 3 nitrogen and oxygen atoms in total. The lowest BCUT2D eigenvalue weighted by Crippen LogP contribution is -2.17. The zero-order chi connectivity index (χ0) is 12.0. The standard InChI is InChI=1S/C13H16N2O/c1-10(2)13(16)15-12-7-3-5-11(9-12)6-4-8-14/h3,5,7,9-10H,8,14H2,1-2H3,(H,15,16). The number of carbonyl (C=O) groups excluding carboxylic acids is 1. The van der Waals surface area contributed by atoms with Gasteiger partial charge in [-0.1, -0.05) is 31.8 Å². The first-order chi connectivity index (χ1) is 7.63. The fraction of sp³-hybridized carbons (Fsp3) is 0.308. The Balaban J connectivity index is 2.78. The third-order valence-corrected chi connectivity index (χ3v) is 1.99. The van der Waals surface area contributed by atoms with Crippen LogP contribution in [-0.4, -0.2) is 12.5 Å². The fourth-order valence-corrected chi connectivity index (χ4v) is 1.11. The van der Waals surface area contributed by atoms with Crippen LogP contribution < -0.4 is 11.1 Å². The normalized spacial score (nSPS) is 9.50. The van der Waals surface area contributed by atoms with Crippen molar-refractivity contribution in [3.63, 3.8) is 0 Å². The number of carbonyl (C=O) groups is 1. The summed E-state index contributed by atoms with van der Waals surface area (Å²) in [6.07, 6.45) is 0. The van der Waals surface area contributed by atoms with Gasteiger partial charge in [0.2, 0.25) is 5.91 Å². The number of amides is 1. The van der Waals surface area contributed by atoms with E-state index in [2.05, 4.69) is 17.2 Å². The molecule has 0 atom stereocenters. The van der Waals surface area contributed by atoms with Crippen molar-refractivity contribution in [2.45, 2.75) is 13.8 Å². The number of anilines is 1. The van der Waals surface area contributed by atoms with Crippen molar-refractivity contribution in [1.29, 1.82) is 0 Å². The van der Waals surface area contributed by atoms with E-state index in [1.165, 1.54) is 0 Å². The van der Waals surface area contributed by atoms with Gasteiger partial charge in [0.05, 0.1) is 6.54 Å². The van der Waals surface area contributed by atoms with E-state index in [9.17, 15) is 4.79 Å². The summed E-state index contributed by atoms with van der Waals surface area (Å²) in [6.45, 7) is 4.05. The van der Waals surface area contributed by atoms with E-state index in [0.717, 1.165) is 11.3 Å². The van der Waals surface area contributed by atoms with Gasteiger partial charge < -0.3 is 11.1 Å². The van der Waals surface area contributed by atoms with Gasteiger partial charge in [-0.05, 0) is 18.2 Å². The van der Waals surface area contributed by atoms with E-state index >= 15 is 0 Å². The zero-order valence-electron chi connectivity index (χ0n) is 9.58. The van der Waals surface area contributed by atoms with Crippen LogP contribution in [0.1, 0.15) is 19.4 Å². The van der Waals surface area contributed by atoms with Crippen molar-refractivity contribution in [1.82, 2.24) is 0 Å². The highest BCUT2D eigenvalue weighted by atomic mass is 16.1. The molecule has 0 heterocycles. The molecule has 1 aromatic carbocycles. The molecular weight excluding hydrogens is 200 g/mol. The number of rotatable bonds is 2. The van der Waals surface area contributed by atoms with Gasteiger partial charge in [0.1, 0.15) is 0 Å². The predicted molar refractivity (Wildman–Crippen MR) is 65.8 cm³/mol. The van der Waals surface area contributed by atoms with Crippen molar-refractivity contribution >= 4 is 11.6 Å². The number of hydrogen-bond acceptors (Lipinski definition) is 2. The van der Waals surface area contributed by atoms with Crippen LogP contribution in [0.3, 0.4) is 0 Å². The minimum Gasteiger partial charge on any atom is -0.326 e. The summed E-state index contributed by atoms with van der Waals surface area (Å²) >= 11 is 0. The highest BCUT2D eigenvalue weighted by Crippen LogP contribution is 2.11. The summed E-state index contributed by atoms with van der Waals surface area (Å²) < 4.78 is 0. The minimum absolute atomic E-state index is 0.00364. The Labute approximate surface area is 96.0 Å². The van der Waals surface area contributed by atoms with Crippen LogP contribution in [-0.2, 0) is 4.79 Å². The Morgan fingerprint density at radius 3 is 2.88 bits per heavy atom. The van der Waals surface area contributed by atoms with Crippen molar-refractivity contribution in [2.75, 3.05) is 11.9 Å². The first-order valence-corrected chi connectivity index (χ1v) is 5.23. The Bertz CT molecular complexity index is 427. The Kier molecular flexibility index (Phi) is 4.56. The molecule has 3 heteroatoms. The van der Waals surface area contributed by atoms with E-state index in [1.807, 2.05) is 38.1 Å². The second-order valence-corrected chi connectivity index (χ2v) is 3.73. The molecule has 0 fully saturated rings. The highest BCUT2D eigenvalue weighted by Gasteiger charge is 2.06. The molecule has 0 saturated carbocycles. The van der Waals surface area contributed by atoms with Gasteiger partial charge in [0.25, 0.3) is 0 Å². The largest absolute Gasteiger partial charge is 0.326 e. The average molecular weight is 216 g/mol. The molecule has 0 bridgehead atoms. The van der Waals surface area contributed by atoms with Gasteiger partial charge in [-0.25, -0.2) is 0 Å². The quantitative estimate of drug-likeness (QED) is 0.738. The molecule has 0 aromatic heterocycles. The molecule has 1 aromatic rings. The van der Waals surface area contributed by atoms with Crippen LogP contribution in [0.5, 0.6) is 0 Å². The van der Waals surface area contributed by atoms with Crippen molar-refractivity contribution < 1.29 is 4.79 Å². The number of hydrogen-bond donors (Lipinski definition) is 2. The van der Waals surface area contributed by atoms with E-state index in [0.29, 0.717) is 6.54 Å². The van der Waals surface area contributed by atoms with Crippen LogP contribution >= 0.6 is 0 Å². The maximum absolute atomic E-state index is 11.5. The van der Waals surface area contributed by atoms with Gasteiger partial charge in [-0.2, -0.15) is 0 Å². The topological polar surface area (TPSA) is 55.1 Å². The number of nitrogens with one attached hydrogen (secondary N) is 1. The molecule has 0 spiro atoms. The van der Waals surface area contributed by atoms with Gasteiger partial charge >= 0.3 is 0 Å². The molecule has 1 rings (SSSR count). The summed E-state index contributed by atoms with van der Waals surface area (Å²) in [7, 11) is 0. The van der Waals surface area contributed by atoms with Gasteiger partial charge in [-0.3, -0.25) is 4.79 Å². The summed E-state index contributed by atoms with van der Waals surface area (Å²) in [5.41, 5.74) is 6.91. The van der Waals surface area contributed by atoms with Crippen molar-refractivity contribution in [3.05, 3.63) is 29.8 Å². The average Bonchev–Trinajstić information content (AvgIpc) is 2.26. The van der Waals surface area contributed by atoms with Crippen LogP contribution in [0.4, 0.5) is 5.69 Å². The van der Waals surface area contributed by atoms with Crippen LogP contribution in [0, 0.1) is 17.8 Å². The van der Waals surface area contributed by atoms with Crippen LogP contribution in [0.2, 0.25) is 0 Å². The Hall–Kier alpha value is -1.79. The van der Waals surface area contributed by atoms with E-state index in [1.54, 1.807) is 0 Å². The van der Waals surface area contributed by atoms with Gasteiger partial charge in [0.15, 0.2) is 0 Å². The minimum atomic E-state index is -0.0289. The molecular formula is C13H16N2O. The highest BCUT2D eigenvalue weighted by molar-refractivity contribution is 5.92. The third kappa shape index (κ3) is 3.76. The molecule has 0 aliphatic carbocycles. The second-order valence-electron chi connectivity index (χ2n) is 3.73. The second kappa shape index (κ2) is 5.94. The molecule has 0 saturated heterocycles. The smallest absolute Gasteiger partial charge is 0.226 e. The summed E-state index contributed by atoms with van der Waals surface area (Å²) in [5, 5.41) is 2.82. The van der Waals surface area contributed by atoms with Crippen molar-refractivity contribution in [2.24, 2.45) is 11.7 Å². The molecule has 0 aliphatic heterocycles. The maximum atomic E-state index is 11.5. The molecule has 84 valence electrons. The molecule has 0 unspecified atom stereocenters. The monoisotopic (exact) mass is 216 g/mol. The molecule has 0 radical (unpaired) electrons. The van der Waals surface area contributed by atoms with Gasteiger partial charge in [0, 0.05) is 17.2 Å². The van der Waals surface area contributed by atoms with E-state index in [-0.39, 0.29) is 11.8 Å². The first kappa shape index (κ1) is 12.3. The lowest BCUT2D eigenvalue weighted by Gasteiger charge is -2.07. The Morgan fingerprint density at radius 1 is 1.50 bits per heavy atom. The summed E-state index contributed by atoms with van der Waals surface area (Å²) in [4.78, 5) is 11.5. The summed E-state index contributed by atoms with van der Waals surface area (Å²) in [5.74, 6) is 5.67. The molecule has 16 heavy (non-hydrogen) atoms. The van der Waals surface area contributed by atoms with E-state index in [4.69, 9.17) is 5.73 Å². The molecule has 0 aliphatic rings. The predicted octanol–water partition coefficient (Wildman–Crippen LogP) is 1.59. The SMILES string of the molecule is CC(C)C(=O)Nc1cccc(C#CCN)c1.